The van der Waals surface area contributed by atoms with Gasteiger partial charge in [0, 0.05) is 16.0 Å². The zero-order chi connectivity index (χ0) is 13.4. The van der Waals surface area contributed by atoms with Crippen molar-refractivity contribution < 1.29 is 13.6 Å². The summed E-state index contributed by atoms with van der Waals surface area (Å²) in [4.78, 5) is 12.2. The van der Waals surface area contributed by atoms with Crippen molar-refractivity contribution in [2.24, 2.45) is 0 Å². The minimum atomic E-state index is -0.454. The quantitative estimate of drug-likeness (QED) is 0.646. The number of rotatable bonds is 2. The van der Waals surface area contributed by atoms with Gasteiger partial charge in [-0.15, -0.1) is 0 Å². The van der Waals surface area contributed by atoms with E-state index < -0.39 is 5.82 Å². The molecule has 0 aliphatic rings. The van der Waals surface area contributed by atoms with Crippen molar-refractivity contribution in [3.63, 3.8) is 0 Å². The molecule has 0 saturated heterocycles. The van der Waals surface area contributed by atoms with Crippen LogP contribution in [-0.4, -0.2) is 5.78 Å². The van der Waals surface area contributed by atoms with Gasteiger partial charge in [0.25, 0.3) is 0 Å². The molecule has 0 radical (unpaired) electrons. The Morgan fingerprint density at radius 3 is 2.74 bits per heavy atom. The number of carbonyl (C=O) groups excluding carboxylic acids is 1. The lowest BCUT2D eigenvalue weighted by Crippen LogP contribution is -1.99. The summed E-state index contributed by atoms with van der Waals surface area (Å²) in [5.41, 5.74) is 0.828. The largest absolute Gasteiger partial charge is 0.453 e. The van der Waals surface area contributed by atoms with Crippen LogP contribution in [0.4, 0.5) is 4.39 Å². The van der Waals surface area contributed by atoms with Gasteiger partial charge in [-0.2, -0.15) is 0 Å². The second kappa shape index (κ2) is 4.52. The van der Waals surface area contributed by atoms with E-state index in [0.29, 0.717) is 10.6 Å². The lowest BCUT2D eigenvalue weighted by molar-refractivity contribution is 0.101. The molecule has 0 fully saturated rings. The van der Waals surface area contributed by atoms with Gasteiger partial charge in [-0.05, 0) is 36.4 Å². The molecule has 0 atom stereocenters. The van der Waals surface area contributed by atoms with Gasteiger partial charge in [-0.3, -0.25) is 4.79 Å². The maximum absolute atomic E-state index is 13.1. The van der Waals surface area contributed by atoms with Crippen molar-refractivity contribution in [3.8, 4) is 0 Å². The van der Waals surface area contributed by atoms with Crippen molar-refractivity contribution in [2.45, 2.75) is 0 Å². The average molecular weight is 275 g/mol. The monoisotopic (exact) mass is 274 g/mol. The van der Waals surface area contributed by atoms with Gasteiger partial charge in [0.2, 0.25) is 5.78 Å². The van der Waals surface area contributed by atoms with Crippen LogP contribution in [0.15, 0.2) is 52.9 Å². The van der Waals surface area contributed by atoms with Crippen molar-refractivity contribution >= 4 is 28.4 Å². The summed E-state index contributed by atoms with van der Waals surface area (Å²) in [5.74, 6) is -0.639. The molecule has 2 nitrogen and oxygen atoms in total. The SMILES string of the molecule is O=C(c1cccc(F)c1)c1cc2cc(Cl)ccc2o1. The molecule has 4 heteroatoms. The highest BCUT2D eigenvalue weighted by atomic mass is 35.5. The molecule has 3 rings (SSSR count). The third-order valence-corrected chi connectivity index (χ3v) is 3.02. The third-order valence-electron chi connectivity index (χ3n) is 2.79. The molecular formula is C15H8ClFO2. The molecule has 0 spiro atoms. The molecule has 0 N–H and O–H groups in total. The molecular weight excluding hydrogens is 267 g/mol. The van der Waals surface area contributed by atoms with Crippen LogP contribution in [0.1, 0.15) is 16.1 Å². The van der Waals surface area contributed by atoms with E-state index in [4.69, 9.17) is 16.0 Å². The molecule has 0 unspecified atom stereocenters. The topological polar surface area (TPSA) is 30.2 Å². The number of ketones is 1. The van der Waals surface area contributed by atoms with Crippen molar-refractivity contribution in [3.05, 3.63) is 70.7 Å². The summed E-state index contributed by atoms with van der Waals surface area (Å²) < 4.78 is 18.5. The molecule has 0 saturated carbocycles. The molecule has 94 valence electrons. The first-order valence-corrected chi connectivity index (χ1v) is 6.01. The molecule has 0 bridgehead atoms. The molecule has 19 heavy (non-hydrogen) atoms. The summed E-state index contributed by atoms with van der Waals surface area (Å²) in [6.45, 7) is 0. The fourth-order valence-corrected chi connectivity index (χ4v) is 2.08. The van der Waals surface area contributed by atoms with Gasteiger partial charge >= 0.3 is 0 Å². The molecule has 2 aromatic carbocycles. The number of fused-ring (bicyclic) bond motifs is 1. The standard InChI is InChI=1S/C15H8ClFO2/c16-11-4-5-13-10(6-11)8-14(19-13)15(18)9-2-1-3-12(17)7-9/h1-8H. The van der Waals surface area contributed by atoms with Crippen LogP contribution in [0.25, 0.3) is 11.0 Å². The smallest absolute Gasteiger partial charge is 0.228 e. The minimum absolute atomic E-state index is 0.169. The number of hydrogen-bond acceptors (Lipinski definition) is 2. The lowest BCUT2D eigenvalue weighted by Gasteiger charge is -1.96. The first kappa shape index (κ1) is 11.9. The molecule has 1 heterocycles. The highest BCUT2D eigenvalue weighted by Gasteiger charge is 2.15. The highest BCUT2D eigenvalue weighted by Crippen LogP contribution is 2.24. The van der Waals surface area contributed by atoms with E-state index in [0.717, 1.165) is 5.39 Å². The molecule has 1 aromatic heterocycles. The number of halogens is 2. The van der Waals surface area contributed by atoms with E-state index in [1.54, 1.807) is 30.3 Å². The zero-order valence-corrected chi connectivity index (χ0v) is 10.4. The highest BCUT2D eigenvalue weighted by molar-refractivity contribution is 6.31. The van der Waals surface area contributed by atoms with Crippen LogP contribution in [0, 0.1) is 5.82 Å². The van der Waals surface area contributed by atoms with Crippen LogP contribution in [-0.2, 0) is 0 Å². The summed E-state index contributed by atoms with van der Waals surface area (Å²) in [7, 11) is 0. The van der Waals surface area contributed by atoms with Crippen LogP contribution >= 0.6 is 11.6 Å². The Morgan fingerprint density at radius 2 is 1.95 bits per heavy atom. The Balaban J connectivity index is 2.06. The van der Waals surface area contributed by atoms with E-state index in [-0.39, 0.29) is 17.1 Å². The van der Waals surface area contributed by atoms with Gasteiger partial charge in [-0.1, -0.05) is 23.7 Å². The zero-order valence-electron chi connectivity index (χ0n) is 9.69. The van der Waals surface area contributed by atoms with Crippen LogP contribution in [0.2, 0.25) is 5.02 Å². The van der Waals surface area contributed by atoms with Crippen molar-refractivity contribution in [2.75, 3.05) is 0 Å². The van der Waals surface area contributed by atoms with E-state index in [2.05, 4.69) is 0 Å². The third kappa shape index (κ3) is 2.25. The van der Waals surface area contributed by atoms with E-state index >= 15 is 0 Å². The van der Waals surface area contributed by atoms with Gasteiger partial charge in [0.05, 0.1) is 0 Å². The maximum Gasteiger partial charge on any atom is 0.228 e. The number of furan rings is 1. The summed E-state index contributed by atoms with van der Waals surface area (Å²) in [6, 6.07) is 12.2. The Morgan fingerprint density at radius 1 is 1.11 bits per heavy atom. The van der Waals surface area contributed by atoms with Gasteiger partial charge in [-0.25, -0.2) is 4.39 Å². The Labute approximate surface area is 113 Å². The number of benzene rings is 2. The average Bonchev–Trinajstić information content (AvgIpc) is 2.80. The first-order chi connectivity index (χ1) is 9.13. The fourth-order valence-electron chi connectivity index (χ4n) is 1.90. The maximum atomic E-state index is 13.1. The molecule has 3 aromatic rings. The predicted octanol–water partition coefficient (Wildman–Crippen LogP) is 4.46. The Kier molecular flexibility index (Phi) is 2.84. The fraction of sp³-hybridized carbons (Fsp3) is 0. The van der Waals surface area contributed by atoms with Gasteiger partial charge in [0.15, 0.2) is 5.76 Å². The Bertz CT molecular complexity index is 777. The van der Waals surface area contributed by atoms with Crippen LogP contribution in [0.5, 0.6) is 0 Å². The van der Waals surface area contributed by atoms with Gasteiger partial charge in [0.1, 0.15) is 11.4 Å². The van der Waals surface area contributed by atoms with E-state index in [9.17, 15) is 9.18 Å². The van der Waals surface area contributed by atoms with Gasteiger partial charge < -0.3 is 4.42 Å². The Hall–Kier alpha value is -2.13. The minimum Gasteiger partial charge on any atom is -0.453 e. The summed E-state index contributed by atoms with van der Waals surface area (Å²) in [6.07, 6.45) is 0. The van der Waals surface area contributed by atoms with E-state index in [1.807, 2.05) is 0 Å². The number of hydrogen-bond donors (Lipinski definition) is 0. The van der Waals surface area contributed by atoms with E-state index in [1.165, 1.54) is 18.2 Å². The summed E-state index contributed by atoms with van der Waals surface area (Å²) >= 11 is 5.87. The first-order valence-electron chi connectivity index (χ1n) is 5.63. The lowest BCUT2D eigenvalue weighted by atomic mass is 10.1. The normalized spacial score (nSPS) is 10.8. The predicted molar refractivity (Wildman–Crippen MR) is 71.1 cm³/mol. The molecule has 0 aliphatic heterocycles. The van der Waals surface area contributed by atoms with Crippen molar-refractivity contribution in [1.29, 1.82) is 0 Å². The van der Waals surface area contributed by atoms with Crippen molar-refractivity contribution in [1.82, 2.24) is 0 Å². The molecule has 0 aliphatic carbocycles. The van der Waals surface area contributed by atoms with Crippen LogP contribution < -0.4 is 0 Å². The number of carbonyl (C=O) groups is 1. The molecule has 0 amide bonds. The summed E-state index contributed by atoms with van der Waals surface area (Å²) in [5, 5.41) is 1.31. The second-order valence-corrected chi connectivity index (χ2v) is 4.57. The van der Waals surface area contributed by atoms with Crippen LogP contribution in [0.3, 0.4) is 0 Å². The second-order valence-electron chi connectivity index (χ2n) is 4.13.